The highest BCUT2D eigenvalue weighted by Crippen LogP contribution is 2.28. The summed E-state index contributed by atoms with van der Waals surface area (Å²) >= 11 is 0. The Morgan fingerprint density at radius 1 is 1.04 bits per heavy atom. The molecule has 0 bridgehead atoms. The topological polar surface area (TPSA) is 104 Å². The number of anilines is 1. The van der Waals surface area contributed by atoms with Crippen LogP contribution in [-0.4, -0.2) is 22.7 Å². The molecule has 4 rings (SSSR count). The first-order valence-corrected chi connectivity index (χ1v) is 7.89. The van der Waals surface area contributed by atoms with Crippen molar-refractivity contribution in [1.29, 1.82) is 0 Å². The Hall–Kier alpha value is -3.35. The average molecular weight is 337 g/mol. The number of hydrogen-bond donors (Lipinski definition) is 3. The van der Waals surface area contributed by atoms with Crippen LogP contribution in [0, 0.1) is 5.92 Å². The molecule has 0 aliphatic carbocycles. The highest BCUT2D eigenvalue weighted by Gasteiger charge is 2.26. The normalized spacial score (nSPS) is 16.1. The molecule has 1 aliphatic rings. The van der Waals surface area contributed by atoms with E-state index in [9.17, 15) is 14.4 Å². The van der Waals surface area contributed by atoms with Crippen LogP contribution in [0.15, 0.2) is 52.1 Å². The zero-order valence-corrected chi connectivity index (χ0v) is 13.2. The van der Waals surface area contributed by atoms with Crippen molar-refractivity contribution in [1.82, 2.24) is 10.2 Å². The maximum atomic E-state index is 12.6. The number of benzene rings is 2. The summed E-state index contributed by atoms with van der Waals surface area (Å²) in [6.45, 7) is 0.268. The Morgan fingerprint density at radius 3 is 2.72 bits per heavy atom. The molecule has 0 spiro atoms. The fourth-order valence-corrected chi connectivity index (χ4v) is 3.06. The van der Waals surface area contributed by atoms with E-state index in [-0.39, 0.29) is 29.2 Å². The third-order valence-electron chi connectivity index (χ3n) is 4.33. The van der Waals surface area contributed by atoms with Crippen LogP contribution in [0.25, 0.3) is 10.8 Å². The summed E-state index contributed by atoms with van der Waals surface area (Å²) in [6, 6.07) is 12.4. The van der Waals surface area contributed by atoms with Crippen molar-refractivity contribution in [2.75, 3.05) is 11.9 Å². The fourth-order valence-electron chi connectivity index (χ4n) is 3.06. The summed E-state index contributed by atoms with van der Waals surface area (Å²) in [7, 11) is 0. The van der Waals surface area contributed by atoms with Crippen LogP contribution in [0.2, 0.25) is 0 Å². The van der Waals surface area contributed by atoms with Crippen molar-refractivity contribution in [3.63, 3.8) is 0 Å². The number of H-pyrrole nitrogens is 2. The Labute approximate surface area is 141 Å². The number of carbonyl (C=O) groups is 1. The number of carbonyl (C=O) groups excluding carboxylic acids is 1. The van der Waals surface area contributed by atoms with Gasteiger partial charge in [0, 0.05) is 0 Å². The predicted molar refractivity (Wildman–Crippen MR) is 93.0 cm³/mol. The van der Waals surface area contributed by atoms with Crippen molar-refractivity contribution < 1.29 is 9.53 Å². The number of para-hydroxylation sites is 1. The van der Waals surface area contributed by atoms with Crippen LogP contribution in [0.3, 0.4) is 0 Å². The van der Waals surface area contributed by atoms with Gasteiger partial charge in [0.1, 0.15) is 12.4 Å². The van der Waals surface area contributed by atoms with Gasteiger partial charge < -0.3 is 10.1 Å². The molecule has 1 aromatic heterocycles. The highest BCUT2D eigenvalue weighted by atomic mass is 16.5. The molecule has 7 nitrogen and oxygen atoms in total. The Bertz CT molecular complexity index is 1080. The van der Waals surface area contributed by atoms with Gasteiger partial charge in [-0.15, -0.1) is 0 Å². The molecule has 2 aromatic carbocycles. The smallest absolute Gasteiger partial charge is 0.272 e. The lowest BCUT2D eigenvalue weighted by molar-refractivity contribution is -0.121. The van der Waals surface area contributed by atoms with Gasteiger partial charge in [0.2, 0.25) is 5.91 Å². The first-order chi connectivity index (χ1) is 12.1. The van der Waals surface area contributed by atoms with E-state index in [2.05, 4.69) is 15.5 Å². The van der Waals surface area contributed by atoms with Crippen molar-refractivity contribution in [3.8, 4) is 5.75 Å². The van der Waals surface area contributed by atoms with E-state index >= 15 is 0 Å². The SMILES string of the molecule is O=C(Nc1cccc2c(=O)[nH][nH]c(=O)c12)C1COc2ccccc2C1. The van der Waals surface area contributed by atoms with Crippen LogP contribution in [0.4, 0.5) is 5.69 Å². The van der Waals surface area contributed by atoms with Gasteiger partial charge in [-0.2, -0.15) is 0 Å². The zero-order valence-electron chi connectivity index (χ0n) is 13.2. The largest absolute Gasteiger partial charge is 0.492 e. The summed E-state index contributed by atoms with van der Waals surface area (Å²) in [4.78, 5) is 36.5. The van der Waals surface area contributed by atoms with Crippen LogP contribution in [0.5, 0.6) is 5.75 Å². The Kier molecular flexibility index (Phi) is 3.61. The molecule has 0 saturated heterocycles. The average Bonchev–Trinajstić information content (AvgIpc) is 2.64. The van der Waals surface area contributed by atoms with Crippen molar-refractivity contribution >= 4 is 22.4 Å². The minimum Gasteiger partial charge on any atom is -0.492 e. The van der Waals surface area contributed by atoms with Gasteiger partial charge >= 0.3 is 0 Å². The molecule has 3 aromatic rings. The van der Waals surface area contributed by atoms with Gasteiger partial charge in [0.25, 0.3) is 11.1 Å². The molecular weight excluding hydrogens is 322 g/mol. The first-order valence-electron chi connectivity index (χ1n) is 7.89. The van der Waals surface area contributed by atoms with Crippen LogP contribution < -0.4 is 21.2 Å². The fraction of sp³-hybridized carbons (Fsp3) is 0.167. The molecule has 1 atom stereocenters. The number of hydrogen-bond acceptors (Lipinski definition) is 4. The lowest BCUT2D eigenvalue weighted by atomic mass is 9.96. The Morgan fingerprint density at radius 2 is 1.84 bits per heavy atom. The summed E-state index contributed by atoms with van der Waals surface area (Å²) in [5.41, 5.74) is 0.409. The minimum absolute atomic E-state index is 0.164. The van der Waals surface area contributed by atoms with E-state index in [1.807, 2.05) is 24.3 Å². The van der Waals surface area contributed by atoms with E-state index < -0.39 is 11.1 Å². The van der Waals surface area contributed by atoms with Crippen LogP contribution in [0.1, 0.15) is 5.56 Å². The number of amides is 1. The summed E-state index contributed by atoms with van der Waals surface area (Å²) in [5, 5.41) is 7.71. The molecule has 0 saturated carbocycles. The molecule has 1 aliphatic heterocycles. The van der Waals surface area contributed by atoms with E-state index in [1.54, 1.807) is 18.2 Å². The first kappa shape index (κ1) is 15.2. The van der Waals surface area contributed by atoms with Crippen LogP contribution in [-0.2, 0) is 11.2 Å². The molecule has 7 heteroatoms. The lowest BCUT2D eigenvalue weighted by Gasteiger charge is -2.24. The second-order valence-corrected chi connectivity index (χ2v) is 5.95. The molecule has 3 N–H and O–H groups in total. The van der Waals surface area contributed by atoms with Gasteiger partial charge in [-0.25, -0.2) is 0 Å². The van der Waals surface area contributed by atoms with Gasteiger partial charge in [-0.1, -0.05) is 24.3 Å². The van der Waals surface area contributed by atoms with E-state index in [4.69, 9.17) is 4.74 Å². The number of aromatic nitrogens is 2. The molecule has 1 unspecified atom stereocenters. The highest BCUT2D eigenvalue weighted by molar-refractivity contribution is 6.02. The summed E-state index contributed by atoms with van der Waals surface area (Å²) in [5.74, 6) is 0.174. The zero-order chi connectivity index (χ0) is 17.4. The van der Waals surface area contributed by atoms with Gasteiger partial charge in [-0.3, -0.25) is 24.6 Å². The maximum Gasteiger partial charge on any atom is 0.272 e. The number of rotatable bonds is 2. The van der Waals surface area contributed by atoms with Crippen molar-refractivity contribution in [3.05, 3.63) is 68.7 Å². The van der Waals surface area contributed by atoms with Gasteiger partial charge in [0.15, 0.2) is 0 Å². The maximum absolute atomic E-state index is 12.6. The van der Waals surface area contributed by atoms with E-state index in [0.717, 1.165) is 11.3 Å². The molecule has 0 radical (unpaired) electrons. The predicted octanol–water partition coefficient (Wildman–Crippen LogP) is 1.41. The van der Waals surface area contributed by atoms with Crippen LogP contribution >= 0.6 is 0 Å². The quantitative estimate of drug-likeness (QED) is 0.657. The van der Waals surface area contributed by atoms with Gasteiger partial charge in [0.05, 0.1) is 22.4 Å². The lowest BCUT2D eigenvalue weighted by Crippen LogP contribution is -2.33. The van der Waals surface area contributed by atoms with E-state index in [0.29, 0.717) is 12.1 Å². The second-order valence-electron chi connectivity index (χ2n) is 5.95. The molecule has 0 fully saturated rings. The third kappa shape index (κ3) is 2.69. The molecule has 126 valence electrons. The number of fused-ring (bicyclic) bond motifs is 2. The second kappa shape index (κ2) is 5.94. The monoisotopic (exact) mass is 337 g/mol. The number of aromatic amines is 2. The third-order valence-corrected chi connectivity index (χ3v) is 4.33. The minimum atomic E-state index is -0.462. The molecule has 25 heavy (non-hydrogen) atoms. The Balaban J connectivity index is 1.64. The standard InChI is InChI=1S/C18H15N3O4/c22-16(11-8-10-4-1-2-7-14(10)25-9-11)19-13-6-3-5-12-15(13)18(24)21-20-17(12)23/h1-7,11H,8-9H2,(H,19,22)(H,20,23)(H,21,24). The van der Waals surface area contributed by atoms with Gasteiger partial charge in [-0.05, 0) is 30.2 Å². The number of ether oxygens (including phenoxy) is 1. The van der Waals surface area contributed by atoms with E-state index in [1.165, 1.54) is 0 Å². The summed E-state index contributed by atoms with van der Waals surface area (Å²) in [6.07, 6.45) is 0.559. The molecule has 1 amide bonds. The molecular formula is C18H15N3O4. The van der Waals surface area contributed by atoms with Crippen molar-refractivity contribution in [2.24, 2.45) is 5.92 Å². The number of nitrogens with one attached hydrogen (secondary N) is 3. The van der Waals surface area contributed by atoms with Crippen molar-refractivity contribution in [2.45, 2.75) is 6.42 Å². The molecule has 2 heterocycles. The summed E-state index contributed by atoms with van der Waals surface area (Å²) < 4.78 is 5.64.